The normalized spacial score (nSPS) is 18.3. The molecular formula is C12H12N2O4. The lowest BCUT2D eigenvalue weighted by molar-refractivity contribution is -0.137. The summed E-state index contributed by atoms with van der Waals surface area (Å²) >= 11 is 0. The van der Waals surface area contributed by atoms with Crippen molar-refractivity contribution in [3.05, 3.63) is 29.8 Å². The summed E-state index contributed by atoms with van der Waals surface area (Å²) in [5.74, 6) is -1.77. The van der Waals surface area contributed by atoms with Crippen molar-refractivity contribution >= 4 is 23.5 Å². The van der Waals surface area contributed by atoms with Gasteiger partial charge in [-0.3, -0.25) is 14.4 Å². The van der Waals surface area contributed by atoms with Crippen LogP contribution in [0.25, 0.3) is 0 Å². The number of amides is 2. The molecule has 1 aliphatic heterocycles. The molecule has 6 nitrogen and oxygen atoms in total. The molecule has 1 aliphatic rings. The standard InChI is InChI=1S/C12H12N2O4/c15-10(16)6-5-9-12(18)13-8-4-2-1-3-7(8)11(17)14-9/h1-4,9H,5-6H2,(H,13,18)(H,14,17)(H,15,16). The monoisotopic (exact) mass is 248 g/mol. The molecule has 1 aromatic rings. The van der Waals surface area contributed by atoms with Crippen LogP contribution in [0.15, 0.2) is 24.3 Å². The zero-order chi connectivity index (χ0) is 13.1. The second-order valence-electron chi connectivity index (χ2n) is 3.99. The molecule has 0 radical (unpaired) electrons. The van der Waals surface area contributed by atoms with Gasteiger partial charge in [0, 0.05) is 6.42 Å². The van der Waals surface area contributed by atoms with Crippen molar-refractivity contribution < 1.29 is 19.5 Å². The number of aliphatic carboxylic acids is 1. The van der Waals surface area contributed by atoms with Crippen LogP contribution in [0.3, 0.4) is 0 Å². The summed E-state index contributed by atoms with van der Waals surface area (Å²) in [7, 11) is 0. The molecule has 0 spiro atoms. The van der Waals surface area contributed by atoms with Crippen molar-refractivity contribution in [2.45, 2.75) is 18.9 Å². The van der Waals surface area contributed by atoms with Gasteiger partial charge in [0.05, 0.1) is 11.3 Å². The zero-order valence-corrected chi connectivity index (χ0v) is 9.47. The lowest BCUT2D eigenvalue weighted by Gasteiger charge is -2.12. The van der Waals surface area contributed by atoms with Crippen LogP contribution in [0.5, 0.6) is 0 Å². The number of hydrogen-bond acceptors (Lipinski definition) is 3. The number of carboxylic acid groups (broad SMARTS) is 1. The third-order valence-corrected chi connectivity index (χ3v) is 2.70. The van der Waals surface area contributed by atoms with E-state index in [1.165, 1.54) is 0 Å². The predicted octanol–water partition coefficient (Wildman–Crippen LogP) is 0.602. The summed E-state index contributed by atoms with van der Waals surface area (Å²) in [4.78, 5) is 34.2. The second kappa shape index (κ2) is 4.87. The molecule has 2 rings (SSSR count). The number of anilines is 1. The van der Waals surface area contributed by atoms with Gasteiger partial charge in [-0.05, 0) is 18.6 Å². The smallest absolute Gasteiger partial charge is 0.303 e. The Kier molecular flexibility index (Phi) is 3.27. The Labute approximate surface area is 103 Å². The first-order valence-corrected chi connectivity index (χ1v) is 5.50. The molecule has 0 saturated carbocycles. The van der Waals surface area contributed by atoms with Crippen LogP contribution in [0.4, 0.5) is 5.69 Å². The van der Waals surface area contributed by atoms with Gasteiger partial charge in [-0.25, -0.2) is 0 Å². The summed E-state index contributed by atoms with van der Waals surface area (Å²) in [6.07, 6.45) is -0.102. The SMILES string of the molecule is O=C(O)CCC1NC(=O)c2ccccc2NC1=O. The average Bonchev–Trinajstić information content (AvgIpc) is 2.45. The van der Waals surface area contributed by atoms with Crippen LogP contribution in [0.2, 0.25) is 0 Å². The maximum atomic E-state index is 11.9. The van der Waals surface area contributed by atoms with Crippen molar-refractivity contribution in [3.8, 4) is 0 Å². The van der Waals surface area contributed by atoms with Gasteiger partial charge in [0.2, 0.25) is 5.91 Å². The van der Waals surface area contributed by atoms with Crippen molar-refractivity contribution in [2.75, 3.05) is 5.32 Å². The summed E-state index contributed by atoms with van der Waals surface area (Å²) in [5, 5.41) is 13.7. The van der Waals surface area contributed by atoms with Gasteiger partial charge in [0.25, 0.3) is 5.91 Å². The van der Waals surface area contributed by atoms with Crippen molar-refractivity contribution in [1.82, 2.24) is 5.32 Å². The quantitative estimate of drug-likeness (QED) is 0.730. The molecule has 1 heterocycles. The third kappa shape index (κ3) is 2.48. The fourth-order valence-corrected chi connectivity index (χ4v) is 1.78. The molecule has 1 aromatic carbocycles. The molecule has 2 amide bonds. The Morgan fingerprint density at radius 3 is 2.72 bits per heavy atom. The van der Waals surface area contributed by atoms with Crippen LogP contribution in [-0.4, -0.2) is 28.9 Å². The lowest BCUT2D eigenvalue weighted by atomic mass is 10.1. The van der Waals surface area contributed by atoms with Crippen LogP contribution >= 0.6 is 0 Å². The maximum Gasteiger partial charge on any atom is 0.303 e. The van der Waals surface area contributed by atoms with Crippen molar-refractivity contribution in [2.24, 2.45) is 0 Å². The van der Waals surface area contributed by atoms with Crippen LogP contribution in [-0.2, 0) is 9.59 Å². The van der Waals surface area contributed by atoms with Gasteiger partial charge < -0.3 is 15.7 Å². The van der Waals surface area contributed by atoms with E-state index in [-0.39, 0.29) is 18.7 Å². The van der Waals surface area contributed by atoms with E-state index < -0.39 is 17.9 Å². The summed E-state index contributed by atoms with van der Waals surface area (Å²) in [6, 6.07) is 5.82. The molecule has 1 unspecified atom stereocenters. The van der Waals surface area contributed by atoms with Gasteiger partial charge in [0.15, 0.2) is 0 Å². The van der Waals surface area contributed by atoms with Gasteiger partial charge in [0.1, 0.15) is 6.04 Å². The highest BCUT2D eigenvalue weighted by Gasteiger charge is 2.27. The van der Waals surface area contributed by atoms with Gasteiger partial charge in [-0.1, -0.05) is 12.1 Å². The molecule has 0 saturated heterocycles. The number of fused-ring (bicyclic) bond motifs is 1. The zero-order valence-electron chi connectivity index (χ0n) is 9.47. The van der Waals surface area contributed by atoms with Crippen LogP contribution in [0.1, 0.15) is 23.2 Å². The lowest BCUT2D eigenvalue weighted by Crippen LogP contribution is -2.41. The largest absolute Gasteiger partial charge is 0.481 e. The molecule has 0 bridgehead atoms. The number of para-hydroxylation sites is 1. The molecule has 0 aromatic heterocycles. The predicted molar refractivity (Wildman–Crippen MR) is 63.2 cm³/mol. The third-order valence-electron chi connectivity index (χ3n) is 2.70. The number of rotatable bonds is 3. The number of hydrogen-bond donors (Lipinski definition) is 3. The topological polar surface area (TPSA) is 95.5 Å². The van der Waals surface area contributed by atoms with E-state index >= 15 is 0 Å². The minimum atomic E-state index is -1.00. The summed E-state index contributed by atoms with van der Waals surface area (Å²) in [6.45, 7) is 0. The first kappa shape index (κ1) is 12.1. The molecule has 1 atom stereocenters. The maximum absolute atomic E-state index is 11.9. The molecule has 94 valence electrons. The molecule has 0 aliphatic carbocycles. The number of carboxylic acids is 1. The molecule has 3 N–H and O–H groups in total. The fraction of sp³-hybridized carbons (Fsp3) is 0.250. The molecule has 18 heavy (non-hydrogen) atoms. The van der Waals surface area contributed by atoms with Gasteiger partial charge in [-0.2, -0.15) is 0 Å². The number of carbonyl (C=O) groups is 3. The number of benzene rings is 1. The molecule has 6 heteroatoms. The highest BCUT2D eigenvalue weighted by molar-refractivity contribution is 6.09. The first-order chi connectivity index (χ1) is 8.58. The Balaban J connectivity index is 2.19. The van der Waals surface area contributed by atoms with Gasteiger partial charge in [-0.15, -0.1) is 0 Å². The number of nitrogens with one attached hydrogen (secondary N) is 2. The average molecular weight is 248 g/mol. The fourth-order valence-electron chi connectivity index (χ4n) is 1.78. The van der Waals surface area contributed by atoms with E-state index in [1.807, 2.05) is 0 Å². The Morgan fingerprint density at radius 1 is 1.28 bits per heavy atom. The first-order valence-electron chi connectivity index (χ1n) is 5.50. The van der Waals surface area contributed by atoms with Gasteiger partial charge >= 0.3 is 5.97 Å². The highest BCUT2D eigenvalue weighted by Crippen LogP contribution is 2.19. The van der Waals surface area contributed by atoms with Crippen molar-refractivity contribution in [3.63, 3.8) is 0 Å². The van der Waals surface area contributed by atoms with E-state index in [4.69, 9.17) is 5.11 Å². The second-order valence-corrected chi connectivity index (χ2v) is 3.99. The summed E-state index contributed by atoms with van der Waals surface area (Å²) in [5.41, 5.74) is 0.821. The number of carbonyl (C=O) groups excluding carboxylic acids is 2. The molecule has 0 fully saturated rings. The minimum Gasteiger partial charge on any atom is -0.481 e. The van der Waals surface area contributed by atoms with E-state index in [2.05, 4.69) is 10.6 Å². The van der Waals surface area contributed by atoms with E-state index in [9.17, 15) is 14.4 Å². The Morgan fingerprint density at radius 2 is 2.00 bits per heavy atom. The van der Waals surface area contributed by atoms with Crippen LogP contribution in [0, 0.1) is 0 Å². The Hall–Kier alpha value is -2.37. The molecular weight excluding hydrogens is 236 g/mol. The highest BCUT2D eigenvalue weighted by atomic mass is 16.4. The van der Waals surface area contributed by atoms with E-state index in [1.54, 1.807) is 24.3 Å². The summed E-state index contributed by atoms with van der Waals surface area (Å²) < 4.78 is 0. The van der Waals surface area contributed by atoms with Crippen molar-refractivity contribution in [1.29, 1.82) is 0 Å². The Bertz CT molecular complexity index is 513. The van der Waals surface area contributed by atoms with E-state index in [0.29, 0.717) is 11.3 Å². The van der Waals surface area contributed by atoms with E-state index in [0.717, 1.165) is 0 Å². The minimum absolute atomic E-state index is 0.0703. The van der Waals surface area contributed by atoms with Crippen LogP contribution < -0.4 is 10.6 Å².